The largest absolute Gasteiger partial charge is 0.497 e. The van der Waals surface area contributed by atoms with Crippen LogP contribution < -0.4 is 14.4 Å². The number of aryl methyl sites for hydroxylation is 1. The number of anilines is 1. The van der Waals surface area contributed by atoms with E-state index in [0.29, 0.717) is 28.6 Å². The van der Waals surface area contributed by atoms with Gasteiger partial charge in [-0.15, -0.1) is 0 Å². The van der Waals surface area contributed by atoms with Crippen LogP contribution in [0.15, 0.2) is 42.5 Å². The molecule has 8 nitrogen and oxygen atoms in total. The Hall–Kier alpha value is -2.78. The number of methoxy groups -OCH3 is 1. The normalized spacial score (nSPS) is 12.1. The van der Waals surface area contributed by atoms with Gasteiger partial charge in [-0.3, -0.25) is 13.9 Å². The lowest BCUT2D eigenvalue weighted by Crippen LogP contribution is -2.51. The predicted octanol–water partition coefficient (Wildman–Crippen LogP) is 2.98. The average molecular weight is 496 g/mol. The van der Waals surface area contributed by atoms with Crippen LogP contribution in [0.4, 0.5) is 5.69 Å². The molecule has 0 saturated heterocycles. The highest BCUT2D eigenvalue weighted by Gasteiger charge is 2.30. The van der Waals surface area contributed by atoms with E-state index in [9.17, 15) is 18.0 Å². The van der Waals surface area contributed by atoms with Gasteiger partial charge in [-0.25, -0.2) is 8.42 Å². The molecule has 1 N–H and O–H groups in total. The first-order valence-corrected chi connectivity index (χ1v) is 12.6. The summed E-state index contributed by atoms with van der Waals surface area (Å²) >= 11 is 6.09. The molecule has 0 saturated carbocycles. The van der Waals surface area contributed by atoms with Gasteiger partial charge in [0.25, 0.3) is 0 Å². The molecule has 1 atom stereocenters. The summed E-state index contributed by atoms with van der Waals surface area (Å²) < 4.78 is 31.5. The summed E-state index contributed by atoms with van der Waals surface area (Å²) in [5, 5.41) is 3.06. The van der Waals surface area contributed by atoms with E-state index in [2.05, 4.69) is 5.32 Å². The molecule has 10 heteroatoms. The maximum absolute atomic E-state index is 13.5. The van der Waals surface area contributed by atoms with Crippen LogP contribution >= 0.6 is 11.6 Å². The van der Waals surface area contributed by atoms with Crippen molar-refractivity contribution < 1.29 is 22.7 Å². The zero-order valence-electron chi connectivity index (χ0n) is 19.5. The molecule has 0 radical (unpaired) electrons. The zero-order valence-corrected chi connectivity index (χ0v) is 21.0. The number of nitrogens with one attached hydrogen (secondary N) is 1. The average Bonchev–Trinajstić information content (AvgIpc) is 2.76. The molecule has 0 aliphatic carbocycles. The molecule has 0 bridgehead atoms. The van der Waals surface area contributed by atoms with E-state index >= 15 is 0 Å². The fourth-order valence-electron chi connectivity index (χ4n) is 3.32. The molecule has 2 rings (SSSR count). The highest BCUT2D eigenvalue weighted by Crippen LogP contribution is 2.27. The van der Waals surface area contributed by atoms with Crippen molar-refractivity contribution in [3.63, 3.8) is 0 Å². The lowest BCUT2D eigenvalue weighted by molar-refractivity contribution is -0.139. The van der Waals surface area contributed by atoms with Crippen LogP contribution in [0.25, 0.3) is 0 Å². The van der Waals surface area contributed by atoms with Gasteiger partial charge in [0.2, 0.25) is 21.8 Å². The van der Waals surface area contributed by atoms with E-state index in [1.165, 1.54) is 18.1 Å². The number of hydrogen-bond acceptors (Lipinski definition) is 5. The van der Waals surface area contributed by atoms with Crippen LogP contribution in [0.1, 0.15) is 25.0 Å². The topological polar surface area (TPSA) is 96.0 Å². The molecule has 0 spiro atoms. The second kappa shape index (κ2) is 11.4. The second-order valence-electron chi connectivity index (χ2n) is 7.64. The molecule has 0 unspecified atom stereocenters. The fourth-order valence-corrected chi connectivity index (χ4v) is 4.38. The van der Waals surface area contributed by atoms with Gasteiger partial charge in [0, 0.05) is 18.1 Å². The summed E-state index contributed by atoms with van der Waals surface area (Å²) in [5.41, 5.74) is 1.70. The minimum atomic E-state index is -3.82. The third kappa shape index (κ3) is 7.10. The molecule has 2 aromatic rings. The predicted molar refractivity (Wildman–Crippen MR) is 130 cm³/mol. The maximum Gasteiger partial charge on any atom is 0.244 e. The molecule has 180 valence electrons. The quantitative estimate of drug-likeness (QED) is 0.546. The van der Waals surface area contributed by atoms with Crippen molar-refractivity contribution in [2.24, 2.45) is 0 Å². The number of carbonyl (C=O) groups excluding carboxylic acids is 2. The van der Waals surface area contributed by atoms with Crippen molar-refractivity contribution in [2.45, 2.75) is 33.4 Å². The number of rotatable bonds is 10. The van der Waals surface area contributed by atoms with E-state index in [1.807, 2.05) is 6.07 Å². The smallest absolute Gasteiger partial charge is 0.244 e. The van der Waals surface area contributed by atoms with Gasteiger partial charge in [-0.2, -0.15) is 0 Å². The van der Waals surface area contributed by atoms with E-state index < -0.39 is 28.5 Å². The van der Waals surface area contributed by atoms with Crippen molar-refractivity contribution in [1.82, 2.24) is 10.2 Å². The monoisotopic (exact) mass is 495 g/mol. The third-order valence-corrected chi connectivity index (χ3v) is 6.49. The minimum Gasteiger partial charge on any atom is -0.497 e. The summed E-state index contributed by atoms with van der Waals surface area (Å²) in [7, 11) is -2.28. The van der Waals surface area contributed by atoms with Gasteiger partial charge >= 0.3 is 0 Å². The van der Waals surface area contributed by atoms with Crippen molar-refractivity contribution >= 4 is 39.1 Å². The van der Waals surface area contributed by atoms with Crippen LogP contribution in [0.2, 0.25) is 5.02 Å². The molecule has 0 fully saturated rings. The fraction of sp³-hybridized carbons (Fsp3) is 0.391. The van der Waals surface area contributed by atoms with Crippen LogP contribution in [0.5, 0.6) is 5.75 Å². The SMILES string of the molecule is CCNC(=O)[C@H](C)N(Cc1cccc(OC)c1)C(=O)CN(c1cc(Cl)ccc1C)S(C)(=O)=O. The van der Waals surface area contributed by atoms with E-state index in [1.54, 1.807) is 51.1 Å². The number of amides is 2. The Labute approximate surface area is 200 Å². The summed E-state index contributed by atoms with van der Waals surface area (Å²) in [6.45, 7) is 5.15. The minimum absolute atomic E-state index is 0.0977. The Morgan fingerprint density at radius 2 is 1.88 bits per heavy atom. The molecule has 0 heterocycles. The number of sulfonamides is 1. The molecule has 33 heavy (non-hydrogen) atoms. The molecule has 0 aromatic heterocycles. The van der Waals surface area contributed by atoms with E-state index in [0.717, 1.165) is 16.1 Å². The van der Waals surface area contributed by atoms with Gasteiger partial charge in [0.05, 0.1) is 19.1 Å². The number of carbonyl (C=O) groups is 2. The number of benzene rings is 2. The maximum atomic E-state index is 13.5. The van der Waals surface area contributed by atoms with Crippen LogP contribution in [0.3, 0.4) is 0 Å². The van der Waals surface area contributed by atoms with Crippen LogP contribution in [0, 0.1) is 6.92 Å². The van der Waals surface area contributed by atoms with E-state index in [4.69, 9.17) is 16.3 Å². The van der Waals surface area contributed by atoms with Crippen molar-refractivity contribution in [3.8, 4) is 5.75 Å². The molecule has 2 aromatic carbocycles. The summed E-state index contributed by atoms with van der Waals surface area (Å²) in [5.74, 6) is -0.252. The highest BCUT2D eigenvalue weighted by atomic mass is 35.5. The Balaban J connectivity index is 2.44. The first-order valence-electron chi connectivity index (χ1n) is 10.4. The summed E-state index contributed by atoms with van der Waals surface area (Å²) in [6.07, 6.45) is 1.03. The molecule has 0 aliphatic heterocycles. The van der Waals surface area contributed by atoms with Gasteiger partial charge in [-0.1, -0.05) is 29.8 Å². The van der Waals surface area contributed by atoms with Gasteiger partial charge in [0.15, 0.2) is 0 Å². The van der Waals surface area contributed by atoms with Crippen LogP contribution in [-0.2, 0) is 26.2 Å². The van der Waals surface area contributed by atoms with E-state index in [-0.39, 0.29) is 12.5 Å². The van der Waals surface area contributed by atoms with Gasteiger partial charge in [-0.05, 0) is 56.2 Å². The van der Waals surface area contributed by atoms with Crippen LogP contribution in [-0.4, -0.2) is 57.6 Å². The van der Waals surface area contributed by atoms with Gasteiger partial charge in [0.1, 0.15) is 18.3 Å². The summed E-state index contributed by atoms with van der Waals surface area (Å²) in [4.78, 5) is 27.4. The van der Waals surface area contributed by atoms with Gasteiger partial charge < -0.3 is 15.0 Å². The Morgan fingerprint density at radius 3 is 2.48 bits per heavy atom. The first kappa shape index (κ1) is 26.5. The Kier molecular flexibility index (Phi) is 9.13. The summed E-state index contributed by atoms with van der Waals surface area (Å²) in [6, 6.07) is 11.1. The highest BCUT2D eigenvalue weighted by molar-refractivity contribution is 7.92. The number of halogens is 1. The Morgan fingerprint density at radius 1 is 1.18 bits per heavy atom. The van der Waals surface area contributed by atoms with Crippen molar-refractivity contribution in [3.05, 3.63) is 58.6 Å². The lowest BCUT2D eigenvalue weighted by Gasteiger charge is -2.32. The molecule has 0 aliphatic rings. The standard InChI is InChI=1S/C23H30ClN3O5S/c1-6-25-23(29)17(3)26(14-18-8-7-9-20(12-18)32-4)22(28)15-27(33(5,30)31)21-13-19(24)11-10-16(21)2/h7-13,17H,6,14-15H2,1-5H3,(H,25,29)/t17-/m0/s1. The molecular formula is C23H30ClN3O5S. The number of likely N-dealkylation sites (N-methyl/N-ethyl adjacent to an activating group) is 1. The lowest BCUT2D eigenvalue weighted by atomic mass is 10.1. The number of hydrogen-bond donors (Lipinski definition) is 1. The third-order valence-electron chi connectivity index (χ3n) is 5.12. The first-order chi connectivity index (χ1) is 15.5. The van der Waals surface area contributed by atoms with Crippen molar-refractivity contribution in [2.75, 3.05) is 30.8 Å². The number of nitrogens with zero attached hydrogens (tertiary/aromatic N) is 2. The molecular weight excluding hydrogens is 466 g/mol. The number of ether oxygens (including phenoxy) is 1. The van der Waals surface area contributed by atoms with Crippen molar-refractivity contribution in [1.29, 1.82) is 0 Å². The Bertz CT molecular complexity index is 1110. The zero-order chi connectivity index (χ0) is 24.8. The second-order valence-corrected chi connectivity index (χ2v) is 9.99. The molecule has 2 amide bonds.